The van der Waals surface area contributed by atoms with Crippen LogP contribution in [-0.2, 0) is 0 Å². The maximum absolute atomic E-state index is 14.6. The average molecular weight is 346 g/mol. The maximum atomic E-state index is 14.6. The second-order valence-electron chi connectivity index (χ2n) is 5.79. The van der Waals surface area contributed by atoms with Gasteiger partial charge in [0.05, 0.1) is 22.5 Å². The number of nitrogens with zero attached hydrogens (tertiary/aromatic N) is 2. The highest BCUT2D eigenvalue weighted by Gasteiger charge is 2.23. The van der Waals surface area contributed by atoms with E-state index in [9.17, 15) is 19.1 Å². The first-order valence-electron chi connectivity index (χ1n) is 7.89. The first-order valence-corrected chi connectivity index (χ1v) is 7.89. The summed E-state index contributed by atoms with van der Waals surface area (Å²) >= 11 is 0. The monoisotopic (exact) mass is 346 g/mol. The van der Waals surface area contributed by atoms with E-state index in [1.165, 1.54) is 10.6 Å². The molecular weight excluding hydrogens is 334 g/mol. The molecule has 0 fully saturated rings. The van der Waals surface area contributed by atoms with Gasteiger partial charge in [0, 0.05) is 5.39 Å². The molecule has 1 N–H and O–H groups in total. The Balaban J connectivity index is 2.19. The Labute approximate surface area is 148 Å². The highest BCUT2D eigenvalue weighted by molar-refractivity contribution is 5.96. The molecule has 126 valence electrons. The SMILES string of the molecule is N#Cc1c(-c2ccccc2)n(-c2ccc(O)c(F)c2F)c2ccccc12. The summed E-state index contributed by atoms with van der Waals surface area (Å²) in [6.45, 7) is 0. The van der Waals surface area contributed by atoms with Gasteiger partial charge in [-0.1, -0.05) is 48.5 Å². The quantitative estimate of drug-likeness (QED) is 0.545. The highest BCUT2D eigenvalue weighted by atomic mass is 19.2. The summed E-state index contributed by atoms with van der Waals surface area (Å²) in [7, 11) is 0. The molecule has 0 unspecified atom stereocenters. The Bertz CT molecular complexity index is 1170. The van der Waals surface area contributed by atoms with Crippen molar-refractivity contribution in [3.8, 4) is 28.8 Å². The molecule has 0 saturated carbocycles. The number of benzene rings is 3. The standard InChI is InChI=1S/C21H12F2N2O/c22-19-17(10-11-18(26)20(19)23)25-16-9-5-4-8-14(16)15(12-24)21(25)13-6-2-1-3-7-13/h1-11,26H. The lowest BCUT2D eigenvalue weighted by Gasteiger charge is -2.13. The molecule has 5 heteroatoms. The molecule has 0 atom stereocenters. The van der Waals surface area contributed by atoms with Crippen LogP contribution in [0.5, 0.6) is 5.75 Å². The van der Waals surface area contributed by atoms with E-state index in [4.69, 9.17) is 0 Å². The summed E-state index contributed by atoms with van der Waals surface area (Å²) < 4.78 is 30.2. The molecule has 1 heterocycles. The van der Waals surface area contributed by atoms with Gasteiger partial charge in [0.25, 0.3) is 0 Å². The normalized spacial score (nSPS) is 10.8. The van der Waals surface area contributed by atoms with Crippen molar-refractivity contribution >= 4 is 10.9 Å². The number of phenolic OH excluding ortho intramolecular Hbond substituents is 1. The number of halogens is 2. The number of fused-ring (bicyclic) bond motifs is 1. The fraction of sp³-hybridized carbons (Fsp3) is 0. The Morgan fingerprint density at radius 3 is 2.27 bits per heavy atom. The van der Waals surface area contributed by atoms with Gasteiger partial charge in [-0.15, -0.1) is 0 Å². The second-order valence-corrected chi connectivity index (χ2v) is 5.79. The van der Waals surface area contributed by atoms with Crippen molar-refractivity contribution in [1.29, 1.82) is 5.26 Å². The Kier molecular flexibility index (Phi) is 3.67. The number of phenols is 1. The number of aromatic hydroxyl groups is 1. The highest BCUT2D eigenvalue weighted by Crippen LogP contribution is 2.37. The lowest BCUT2D eigenvalue weighted by atomic mass is 10.1. The summed E-state index contributed by atoms with van der Waals surface area (Å²) in [6.07, 6.45) is 0. The Hall–Kier alpha value is -3.65. The molecule has 4 aromatic rings. The van der Waals surface area contributed by atoms with Crippen molar-refractivity contribution in [3.63, 3.8) is 0 Å². The van der Waals surface area contributed by atoms with Crippen LogP contribution in [0.4, 0.5) is 8.78 Å². The minimum atomic E-state index is -1.32. The first-order chi connectivity index (χ1) is 12.6. The topological polar surface area (TPSA) is 49.0 Å². The minimum absolute atomic E-state index is 0.0724. The van der Waals surface area contributed by atoms with E-state index < -0.39 is 17.4 Å². The molecule has 3 nitrogen and oxygen atoms in total. The van der Waals surface area contributed by atoms with Gasteiger partial charge in [-0.25, -0.2) is 4.39 Å². The third-order valence-corrected chi connectivity index (χ3v) is 4.32. The predicted molar refractivity (Wildman–Crippen MR) is 95.0 cm³/mol. The number of aromatic nitrogens is 1. The zero-order chi connectivity index (χ0) is 18.3. The molecule has 0 saturated heterocycles. The van der Waals surface area contributed by atoms with E-state index in [-0.39, 0.29) is 5.69 Å². The third-order valence-electron chi connectivity index (χ3n) is 4.32. The summed E-state index contributed by atoms with van der Waals surface area (Å²) in [6, 6.07) is 20.7. The van der Waals surface area contributed by atoms with Crippen LogP contribution in [0.25, 0.3) is 27.8 Å². The van der Waals surface area contributed by atoms with Crippen LogP contribution in [0.15, 0.2) is 66.7 Å². The van der Waals surface area contributed by atoms with Crippen molar-refractivity contribution in [2.75, 3.05) is 0 Å². The van der Waals surface area contributed by atoms with E-state index >= 15 is 0 Å². The predicted octanol–water partition coefficient (Wildman–Crippen LogP) is 5.15. The molecule has 4 rings (SSSR count). The molecule has 1 aromatic heterocycles. The van der Waals surface area contributed by atoms with Gasteiger partial charge in [0.15, 0.2) is 11.6 Å². The zero-order valence-corrected chi connectivity index (χ0v) is 13.4. The van der Waals surface area contributed by atoms with Crippen LogP contribution >= 0.6 is 0 Å². The Morgan fingerprint density at radius 2 is 1.54 bits per heavy atom. The first kappa shape index (κ1) is 15.9. The van der Waals surface area contributed by atoms with E-state index in [0.29, 0.717) is 27.7 Å². The Morgan fingerprint density at radius 1 is 0.846 bits per heavy atom. The molecule has 0 aliphatic heterocycles. The fourth-order valence-corrected chi connectivity index (χ4v) is 3.17. The number of para-hydroxylation sites is 1. The number of hydrogen-bond donors (Lipinski definition) is 1. The van der Waals surface area contributed by atoms with Crippen LogP contribution < -0.4 is 0 Å². The van der Waals surface area contributed by atoms with E-state index in [1.54, 1.807) is 36.4 Å². The van der Waals surface area contributed by atoms with Gasteiger partial charge in [0.2, 0.25) is 5.82 Å². The van der Waals surface area contributed by atoms with Gasteiger partial charge in [-0.3, -0.25) is 0 Å². The van der Waals surface area contributed by atoms with Gasteiger partial charge in [-0.05, 0) is 23.8 Å². The van der Waals surface area contributed by atoms with Crippen molar-refractivity contribution in [3.05, 3.63) is 83.9 Å². The van der Waals surface area contributed by atoms with Crippen LogP contribution in [0.1, 0.15) is 5.56 Å². The molecule has 26 heavy (non-hydrogen) atoms. The number of rotatable bonds is 2. The molecular formula is C21H12F2N2O. The zero-order valence-electron chi connectivity index (χ0n) is 13.4. The maximum Gasteiger partial charge on any atom is 0.202 e. The van der Waals surface area contributed by atoms with E-state index in [1.807, 2.05) is 18.2 Å². The van der Waals surface area contributed by atoms with Gasteiger partial charge in [0.1, 0.15) is 6.07 Å². The smallest absolute Gasteiger partial charge is 0.202 e. The van der Waals surface area contributed by atoms with Crippen molar-refractivity contribution in [2.45, 2.75) is 0 Å². The molecule has 0 bridgehead atoms. The molecule has 0 amide bonds. The van der Waals surface area contributed by atoms with Gasteiger partial charge in [-0.2, -0.15) is 9.65 Å². The summed E-state index contributed by atoms with van der Waals surface area (Å²) in [5, 5.41) is 19.8. The minimum Gasteiger partial charge on any atom is -0.505 e. The molecule has 0 aliphatic rings. The van der Waals surface area contributed by atoms with Crippen LogP contribution in [-0.4, -0.2) is 9.67 Å². The van der Waals surface area contributed by atoms with Gasteiger partial charge < -0.3 is 9.67 Å². The van der Waals surface area contributed by atoms with Crippen molar-refractivity contribution < 1.29 is 13.9 Å². The van der Waals surface area contributed by atoms with E-state index in [2.05, 4.69) is 6.07 Å². The summed E-state index contributed by atoms with van der Waals surface area (Å²) in [4.78, 5) is 0. The van der Waals surface area contributed by atoms with Crippen molar-refractivity contribution in [2.24, 2.45) is 0 Å². The number of nitriles is 1. The molecule has 3 aromatic carbocycles. The van der Waals surface area contributed by atoms with Crippen LogP contribution in [0.2, 0.25) is 0 Å². The second kappa shape index (κ2) is 6.01. The van der Waals surface area contributed by atoms with Crippen LogP contribution in [0.3, 0.4) is 0 Å². The fourth-order valence-electron chi connectivity index (χ4n) is 3.17. The summed E-state index contributed by atoms with van der Waals surface area (Å²) in [5.74, 6) is -3.25. The number of hydrogen-bond acceptors (Lipinski definition) is 2. The van der Waals surface area contributed by atoms with E-state index in [0.717, 1.165) is 6.07 Å². The molecule has 0 aliphatic carbocycles. The lowest BCUT2D eigenvalue weighted by molar-refractivity contribution is 0.406. The third kappa shape index (κ3) is 2.24. The largest absolute Gasteiger partial charge is 0.505 e. The molecule has 0 radical (unpaired) electrons. The average Bonchev–Trinajstić information content (AvgIpc) is 3.01. The summed E-state index contributed by atoms with van der Waals surface area (Å²) in [5.41, 5.74) is 2.05. The van der Waals surface area contributed by atoms with Crippen molar-refractivity contribution in [1.82, 2.24) is 4.57 Å². The lowest BCUT2D eigenvalue weighted by Crippen LogP contribution is -2.02. The van der Waals surface area contributed by atoms with Crippen LogP contribution in [0, 0.1) is 23.0 Å². The van der Waals surface area contributed by atoms with Gasteiger partial charge >= 0.3 is 0 Å². The molecule has 0 spiro atoms.